The quantitative estimate of drug-likeness (QED) is 0.217. The monoisotopic (exact) mass is 461 g/mol. The van der Waals surface area contributed by atoms with Crippen LogP contribution in [0.25, 0.3) is 11.1 Å². The molecule has 4 aromatic rings. The van der Waals surface area contributed by atoms with Crippen LogP contribution in [0, 0.1) is 0 Å². The average molecular weight is 462 g/mol. The highest BCUT2D eigenvalue weighted by Gasteiger charge is 2.50. The molecule has 176 valence electrons. The lowest BCUT2D eigenvalue weighted by molar-refractivity contribution is -0.148. The summed E-state index contributed by atoms with van der Waals surface area (Å²) in [6, 6.07) is 38.6. The highest BCUT2D eigenvalue weighted by Crippen LogP contribution is 2.40. The normalized spacial score (nSPS) is 12.9. The van der Waals surface area contributed by atoms with E-state index < -0.39 is 11.0 Å². The second-order valence-electron chi connectivity index (χ2n) is 9.32. The van der Waals surface area contributed by atoms with Crippen LogP contribution < -0.4 is 0 Å². The molecule has 0 fully saturated rings. The largest absolute Gasteiger partial charge is 0.467 e. The van der Waals surface area contributed by atoms with Gasteiger partial charge in [0.1, 0.15) is 0 Å². The Morgan fingerprint density at radius 1 is 0.629 bits per heavy atom. The number of nitrogens with zero attached hydrogens (tertiary/aromatic N) is 1. The molecule has 0 N–H and O–H groups in total. The molecule has 0 saturated carbocycles. The third-order valence-electron chi connectivity index (χ3n) is 6.94. The molecule has 0 aliphatic carbocycles. The molecule has 4 aromatic carbocycles. The van der Waals surface area contributed by atoms with Gasteiger partial charge in [-0.15, -0.1) is 0 Å². The first kappa shape index (κ1) is 24.2. The predicted molar refractivity (Wildman–Crippen MR) is 144 cm³/mol. The van der Waals surface area contributed by atoms with Gasteiger partial charge in [0.05, 0.1) is 12.8 Å². The van der Waals surface area contributed by atoms with Gasteiger partial charge in [0.2, 0.25) is 0 Å². The van der Waals surface area contributed by atoms with Crippen molar-refractivity contribution >= 4 is 11.7 Å². The van der Waals surface area contributed by atoms with Gasteiger partial charge < -0.3 is 4.74 Å². The number of hydrogen-bond acceptors (Lipinski definition) is 3. The number of hydrogen-bond donors (Lipinski definition) is 0. The van der Waals surface area contributed by atoms with Gasteiger partial charge in [-0.1, -0.05) is 129 Å². The number of ether oxygens (including phenoxy) is 1. The molecular formula is C32H31NO2. The van der Waals surface area contributed by atoms with E-state index in [1.165, 1.54) is 7.11 Å². The molecule has 1 atom stereocenters. The molecule has 0 saturated heterocycles. The molecule has 3 heteroatoms. The number of carbonyl (C=O) groups is 1. The van der Waals surface area contributed by atoms with Crippen molar-refractivity contribution in [2.45, 2.75) is 31.7 Å². The fraction of sp³-hybridized carbons (Fsp3) is 0.188. The maximum absolute atomic E-state index is 13.4. The van der Waals surface area contributed by atoms with E-state index in [-0.39, 0.29) is 5.97 Å². The van der Waals surface area contributed by atoms with E-state index >= 15 is 0 Å². The van der Waals surface area contributed by atoms with Gasteiger partial charge in [-0.05, 0) is 23.6 Å². The van der Waals surface area contributed by atoms with Crippen LogP contribution in [0.4, 0.5) is 0 Å². The van der Waals surface area contributed by atoms with Gasteiger partial charge in [0.15, 0.2) is 5.54 Å². The number of benzene rings is 4. The molecule has 0 amide bonds. The molecule has 4 rings (SSSR count). The number of rotatable bonds is 7. The summed E-state index contributed by atoms with van der Waals surface area (Å²) in [6.07, 6.45) is 0. The Kier molecular flexibility index (Phi) is 6.97. The molecule has 0 aliphatic heterocycles. The summed E-state index contributed by atoms with van der Waals surface area (Å²) in [5.41, 5.74) is 4.10. The Morgan fingerprint density at radius 3 is 1.51 bits per heavy atom. The van der Waals surface area contributed by atoms with Gasteiger partial charge in [-0.2, -0.15) is 0 Å². The first-order chi connectivity index (χ1) is 16.9. The van der Waals surface area contributed by atoms with Gasteiger partial charge in [-0.25, -0.2) is 4.79 Å². The molecule has 1 unspecified atom stereocenters. The van der Waals surface area contributed by atoms with Crippen molar-refractivity contribution in [2.24, 2.45) is 4.99 Å². The molecule has 35 heavy (non-hydrogen) atoms. The van der Waals surface area contributed by atoms with Crippen molar-refractivity contribution in [1.82, 2.24) is 0 Å². The summed E-state index contributed by atoms with van der Waals surface area (Å²) in [6.45, 7) is 5.98. The lowest BCUT2D eigenvalue weighted by atomic mass is 9.68. The summed E-state index contributed by atoms with van der Waals surface area (Å²) in [5, 5.41) is 0. The second kappa shape index (κ2) is 10.1. The summed E-state index contributed by atoms with van der Waals surface area (Å²) < 4.78 is 5.34. The van der Waals surface area contributed by atoms with Crippen molar-refractivity contribution in [3.05, 3.63) is 132 Å². The zero-order chi connectivity index (χ0) is 24.9. The summed E-state index contributed by atoms with van der Waals surface area (Å²) in [4.78, 5) is 18.6. The Balaban J connectivity index is 1.85. The Labute approximate surface area is 208 Å². The SMILES string of the molecule is COC(=O)C(C)(N=C(c1ccccc1)c1ccccc1)C(C)(C)c1ccc(-c2ccccc2)cc1. The van der Waals surface area contributed by atoms with Crippen LogP contribution in [0.3, 0.4) is 0 Å². The molecule has 0 heterocycles. The van der Waals surface area contributed by atoms with Crippen LogP contribution in [-0.4, -0.2) is 24.3 Å². The molecule has 0 aliphatic rings. The predicted octanol–water partition coefficient (Wildman–Crippen LogP) is 7.10. The van der Waals surface area contributed by atoms with E-state index in [9.17, 15) is 4.79 Å². The number of esters is 1. The zero-order valence-electron chi connectivity index (χ0n) is 20.7. The minimum Gasteiger partial charge on any atom is -0.467 e. The van der Waals surface area contributed by atoms with Crippen LogP contribution in [0.15, 0.2) is 120 Å². The minimum atomic E-state index is -1.18. The van der Waals surface area contributed by atoms with Crippen molar-refractivity contribution in [2.75, 3.05) is 7.11 Å². The highest BCUT2D eigenvalue weighted by atomic mass is 16.5. The standard InChI is InChI=1S/C32H31NO2/c1-31(2,28-22-20-25(21-23-28)24-14-8-5-9-15-24)32(3,30(34)35-4)33-29(26-16-10-6-11-17-26)27-18-12-7-13-19-27/h5-23H,1-4H3. The van der Waals surface area contributed by atoms with Crippen molar-refractivity contribution in [3.63, 3.8) is 0 Å². The number of aliphatic imine (C=N–C) groups is 1. The third kappa shape index (κ3) is 4.81. The van der Waals surface area contributed by atoms with E-state index in [4.69, 9.17) is 9.73 Å². The number of carbonyl (C=O) groups excluding carboxylic acids is 1. The van der Waals surface area contributed by atoms with Gasteiger partial charge in [-0.3, -0.25) is 4.99 Å². The van der Waals surface area contributed by atoms with Crippen LogP contribution in [-0.2, 0) is 14.9 Å². The van der Waals surface area contributed by atoms with E-state index in [1.807, 2.05) is 85.8 Å². The van der Waals surface area contributed by atoms with Crippen LogP contribution in [0.2, 0.25) is 0 Å². The van der Waals surface area contributed by atoms with Gasteiger partial charge in [0, 0.05) is 16.5 Å². The smallest absolute Gasteiger partial charge is 0.334 e. The maximum Gasteiger partial charge on any atom is 0.334 e. The summed E-state index contributed by atoms with van der Waals surface area (Å²) in [7, 11) is 1.43. The second-order valence-corrected chi connectivity index (χ2v) is 9.32. The van der Waals surface area contributed by atoms with Crippen molar-refractivity contribution < 1.29 is 9.53 Å². The molecule has 0 aromatic heterocycles. The van der Waals surface area contributed by atoms with Crippen LogP contribution in [0.5, 0.6) is 0 Å². The molecule has 0 radical (unpaired) electrons. The molecule has 0 spiro atoms. The van der Waals surface area contributed by atoms with Crippen LogP contribution >= 0.6 is 0 Å². The Bertz CT molecular complexity index is 1250. The maximum atomic E-state index is 13.4. The Morgan fingerprint density at radius 2 is 1.06 bits per heavy atom. The minimum absolute atomic E-state index is 0.376. The molecule has 3 nitrogen and oxygen atoms in total. The van der Waals surface area contributed by atoms with E-state index in [1.54, 1.807) is 0 Å². The lowest BCUT2D eigenvalue weighted by Crippen LogP contribution is -2.51. The molecular weight excluding hydrogens is 430 g/mol. The lowest BCUT2D eigenvalue weighted by Gasteiger charge is -2.40. The highest BCUT2D eigenvalue weighted by molar-refractivity contribution is 6.14. The van der Waals surface area contributed by atoms with Crippen LogP contribution in [0.1, 0.15) is 37.5 Å². The summed E-state index contributed by atoms with van der Waals surface area (Å²) >= 11 is 0. The zero-order valence-corrected chi connectivity index (χ0v) is 20.7. The first-order valence-corrected chi connectivity index (χ1v) is 11.8. The fourth-order valence-electron chi connectivity index (χ4n) is 4.34. The van der Waals surface area contributed by atoms with E-state index in [0.717, 1.165) is 33.5 Å². The van der Waals surface area contributed by atoms with Crippen molar-refractivity contribution in [3.8, 4) is 11.1 Å². The summed E-state index contributed by atoms with van der Waals surface area (Å²) in [5.74, 6) is -0.376. The Hall–Kier alpha value is -3.98. The van der Waals surface area contributed by atoms with E-state index in [2.05, 4.69) is 50.2 Å². The molecule has 0 bridgehead atoms. The first-order valence-electron chi connectivity index (χ1n) is 11.8. The third-order valence-corrected chi connectivity index (χ3v) is 6.94. The van der Waals surface area contributed by atoms with Gasteiger partial charge in [0.25, 0.3) is 0 Å². The average Bonchev–Trinajstić information content (AvgIpc) is 2.92. The number of methoxy groups -OCH3 is 1. The fourth-order valence-corrected chi connectivity index (χ4v) is 4.34. The van der Waals surface area contributed by atoms with Crippen molar-refractivity contribution in [1.29, 1.82) is 0 Å². The van der Waals surface area contributed by atoms with E-state index in [0.29, 0.717) is 0 Å². The van der Waals surface area contributed by atoms with Gasteiger partial charge >= 0.3 is 5.97 Å². The topological polar surface area (TPSA) is 38.7 Å².